The van der Waals surface area contributed by atoms with Crippen molar-refractivity contribution in [2.75, 3.05) is 39.8 Å². The normalized spacial score (nSPS) is 18.9. The molecule has 2 aliphatic heterocycles. The second kappa shape index (κ2) is 12.2. The Hall–Kier alpha value is -2.63. The predicted octanol–water partition coefficient (Wildman–Crippen LogP) is 6.09. The van der Waals surface area contributed by atoms with Crippen molar-refractivity contribution in [2.45, 2.75) is 32.1 Å². The Morgan fingerprint density at radius 2 is 1.71 bits per heavy atom. The lowest BCUT2D eigenvalue weighted by Crippen LogP contribution is -2.37. The quantitative estimate of drug-likeness (QED) is 0.446. The van der Waals surface area contributed by atoms with Crippen molar-refractivity contribution in [3.8, 4) is 5.75 Å². The minimum atomic E-state index is 0.146. The Balaban J connectivity index is 0.000000398. The summed E-state index contributed by atoms with van der Waals surface area (Å²) in [6.07, 6.45) is 3.59. The van der Waals surface area contributed by atoms with Gasteiger partial charge in [-0.1, -0.05) is 30.3 Å². The van der Waals surface area contributed by atoms with E-state index in [1.807, 2.05) is 29.2 Å². The number of hydrogen-bond donors (Lipinski definition) is 0. The molecule has 0 saturated carbocycles. The van der Waals surface area contributed by atoms with Gasteiger partial charge in [0.15, 0.2) is 0 Å². The average molecular weight is 477 g/mol. The number of carbonyl (C=O) groups excluding carboxylic acids is 1. The van der Waals surface area contributed by atoms with E-state index in [9.17, 15) is 4.79 Å². The van der Waals surface area contributed by atoms with Crippen LogP contribution in [-0.4, -0.2) is 55.5 Å². The molecule has 5 rings (SSSR count). The van der Waals surface area contributed by atoms with E-state index < -0.39 is 0 Å². The lowest BCUT2D eigenvalue weighted by atomic mass is 9.89. The average Bonchev–Trinajstić information content (AvgIpc) is 3.57. The first kappa shape index (κ1) is 24.5. The highest BCUT2D eigenvalue weighted by molar-refractivity contribution is 7.07. The number of ether oxygens (including phenoxy) is 1. The molecule has 0 radical (unpaired) electrons. The Morgan fingerprint density at radius 3 is 2.29 bits per heavy atom. The first-order valence-electron chi connectivity index (χ1n) is 12.3. The van der Waals surface area contributed by atoms with Gasteiger partial charge in [0.25, 0.3) is 5.91 Å². The predicted molar refractivity (Wildman–Crippen MR) is 141 cm³/mol. The third kappa shape index (κ3) is 6.71. The lowest BCUT2D eigenvalue weighted by molar-refractivity contribution is 0.0782. The van der Waals surface area contributed by atoms with Crippen molar-refractivity contribution in [3.63, 3.8) is 0 Å². The van der Waals surface area contributed by atoms with Crippen molar-refractivity contribution in [2.24, 2.45) is 5.92 Å². The zero-order valence-corrected chi connectivity index (χ0v) is 21.2. The molecule has 0 bridgehead atoms. The molecule has 34 heavy (non-hydrogen) atoms. The van der Waals surface area contributed by atoms with Gasteiger partial charge in [-0.05, 0) is 103 Å². The maximum atomic E-state index is 12.8. The van der Waals surface area contributed by atoms with E-state index in [0.717, 1.165) is 37.4 Å². The third-order valence-corrected chi connectivity index (χ3v) is 7.75. The van der Waals surface area contributed by atoms with Gasteiger partial charge in [0, 0.05) is 25.2 Å². The van der Waals surface area contributed by atoms with Gasteiger partial charge in [-0.25, -0.2) is 0 Å². The Morgan fingerprint density at radius 1 is 0.971 bits per heavy atom. The summed E-state index contributed by atoms with van der Waals surface area (Å²) in [5.74, 6) is 2.23. The van der Waals surface area contributed by atoms with Gasteiger partial charge < -0.3 is 14.5 Å². The molecule has 2 fully saturated rings. The van der Waals surface area contributed by atoms with E-state index in [1.165, 1.54) is 37.1 Å². The molecule has 3 heterocycles. The number of aryl methyl sites for hydroxylation is 1. The van der Waals surface area contributed by atoms with Crippen LogP contribution in [0.25, 0.3) is 0 Å². The molecule has 4 nitrogen and oxygen atoms in total. The topological polar surface area (TPSA) is 32.8 Å². The zero-order chi connectivity index (χ0) is 23.8. The number of nitrogens with zero attached hydrogens (tertiary/aromatic N) is 2. The number of thiophene rings is 1. The highest BCUT2D eigenvalue weighted by Crippen LogP contribution is 2.29. The van der Waals surface area contributed by atoms with Crippen molar-refractivity contribution in [3.05, 3.63) is 88.1 Å². The first-order valence-corrected chi connectivity index (χ1v) is 13.3. The third-order valence-electron chi connectivity index (χ3n) is 6.95. The smallest absolute Gasteiger partial charge is 0.253 e. The lowest BCUT2D eigenvalue weighted by Gasteiger charge is -2.33. The molecule has 180 valence electrons. The number of carbonyl (C=O) groups is 1. The molecule has 2 saturated heterocycles. The summed E-state index contributed by atoms with van der Waals surface area (Å²) in [7, 11) is 1.64. The number of benzene rings is 2. The number of rotatable bonds is 5. The summed E-state index contributed by atoms with van der Waals surface area (Å²) in [5.41, 5.74) is 3.60. The van der Waals surface area contributed by atoms with Gasteiger partial charge in [0.05, 0.1) is 7.11 Å². The molecule has 0 N–H and O–H groups in total. The molecular weight excluding hydrogens is 440 g/mol. The van der Waals surface area contributed by atoms with Crippen molar-refractivity contribution < 1.29 is 9.53 Å². The van der Waals surface area contributed by atoms with Crippen LogP contribution in [0, 0.1) is 12.8 Å². The molecule has 5 heteroatoms. The van der Waals surface area contributed by atoms with E-state index in [2.05, 4.69) is 59.0 Å². The summed E-state index contributed by atoms with van der Waals surface area (Å²) >= 11 is 1.74. The van der Waals surface area contributed by atoms with Crippen LogP contribution in [0.5, 0.6) is 5.75 Å². The molecule has 1 amide bonds. The van der Waals surface area contributed by atoms with E-state index in [4.69, 9.17) is 4.74 Å². The number of likely N-dealkylation sites (tertiary alicyclic amines) is 2. The number of hydrogen-bond acceptors (Lipinski definition) is 4. The Bertz CT molecular complexity index is 996. The summed E-state index contributed by atoms with van der Waals surface area (Å²) in [4.78, 5) is 17.4. The fourth-order valence-electron chi connectivity index (χ4n) is 4.95. The summed E-state index contributed by atoms with van der Waals surface area (Å²) < 4.78 is 5.18. The number of methoxy groups -OCH3 is 1. The fraction of sp³-hybridized carbons (Fsp3) is 0.414. The van der Waals surface area contributed by atoms with E-state index in [0.29, 0.717) is 11.8 Å². The molecule has 3 aromatic rings. The van der Waals surface area contributed by atoms with Crippen LogP contribution in [0.3, 0.4) is 0 Å². The first-order chi connectivity index (χ1) is 16.6. The van der Waals surface area contributed by atoms with Crippen LogP contribution < -0.4 is 4.74 Å². The molecule has 2 aromatic carbocycles. The molecule has 1 atom stereocenters. The van der Waals surface area contributed by atoms with Crippen molar-refractivity contribution in [1.29, 1.82) is 0 Å². The maximum Gasteiger partial charge on any atom is 0.253 e. The molecular formula is C29H36N2O2S. The van der Waals surface area contributed by atoms with Gasteiger partial charge >= 0.3 is 0 Å². The van der Waals surface area contributed by atoms with Gasteiger partial charge in [-0.3, -0.25) is 4.79 Å². The fourth-order valence-corrected chi connectivity index (χ4v) is 5.62. The number of amides is 1. The standard InChI is InChI=1S/C24H30N2O2.C5H6S/c1-28-23-9-7-22(8-10-23)24(27)26-16-11-19(18-26)17-25-14-12-21(13-15-25)20-5-3-2-4-6-20;1-5-2-3-6-4-5/h2-10,19,21H,11-18H2,1H3;2-4H,1H3. The van der Waals surface area contributed by atoms with Crippen LogP contribution in [0.1, 0.15) is 46.7 Å². The van der Waals surface area contributed by atoms with Crippen LogP contribution >= 0.6 is 11.3 Å². The van der Waals surface area contributed by atoms with Gasteiger partial charge in [0.1, 0.15) is 5.75 Å². The van der Waals surface area contributed by atoms with Crippen LogP contribution in [0.4, 0.5) is 0 Å². The minimum absolute atomic E-state index is 0.146. The molecule has 1 aromatic heterocycles. The highest BCUT2D eigenvalue weighted by atomic mass is 32.1. The second-order valence-electron chi connectivity index (χ2n) is 9.42. The van der Waals surface area contributed by atoms with Crippen LogP contribution in [-0.2, 0) is 0 Å². The van der Waals surface area contributed by atoms with Crippen molar-refractivity contribution >= 4 is 17.2 Å². The summed E-state index contributed by atoms with van der Waals surface area (Å²) in [5, 5.41) is 4.20. The monoisotopic (exact) mass is 476 g/mol. The largest absolute Gasteiger partial charge is 0.497 e. The molecule has 1 unspecified atom stereocenters. The molecule has 0 aliphatic carbocycles. The molecule has 0 spiro atoms. The SMILES string of the molecule is COc1ccc(C(=O)N2CCC(CN3CCC(c4ccccc4)CC3)C2)cc1.Cc1ccsc1. The second-order valence-corrected chi connectivity index (χ2v) is 10.2. The van der Waals surface area contributed by atoms with E-state index in [1.54, 1.807) is 18.4 Å². The van der Waals surface area contributed by atoms with Gasteiger partial charge in [0.2, 0.25) is 0 Å². The van der Waals surface area contributed by atoms with Crippen LogP contribution in [0.15, 0.2) is 71.4 Å². The maximum absolute atomic E-state index is 12.8. The van der Waals surface area contributed by atoms with E-state index in [-0.39, 0.29) is 5.91 Å². The Labute approximate surface area is 208 Å². The Kier molecular flexibility index (Phi) is 8.78. The van der Waals surface area contributed by atoms with Gasteiger partial charge in [-0.15, -0.1) is 0 Å². The van der Waals surface area contributed by atoms with Crippen LogP contribution in [0.2, 0.25) is 0 Å². The summed E-state index contributed by atoms with van der Waals surface area (Å²) in [6, 6.07) is 20.5. The number of piperidine rings is 1. The van der Waals surface area contributed by atoms with Gasteiger partial charge in [-0.2, -0.15) is 11.3 Å². The van der Waals surface area contributed by atoms with Crippen molar-refractivity contribution in [1.82, 2.24) is 9.80 Å². The van der Waals surface area contributed by atoms with E-state index >= 15 is 0 Å². The minimum Gasteiger partial charge on any atom is -0.497 e. The molecule has 2 aliphatic rings. The summed E-state index contributed by atoms with van der Waals surface area (Å²) in [6.45, 7) is 7.30. The zero-order valence-electron chi connectivity index (χ0n) is 20.4. The highest BCUT2D eigenvalue weighted by Gasteiger charge is 2.29.